The topological polar surface area (TPSA) is 41.5 Å². The smallest absolute Gasteiger partial charge is 0.142 e. The third-order valence-corrected chi connectivity index (χ3v) is 2.30. The van der Waals surface area contributed by atoms with Crippen LogP contribution in [0, 0.1) is 0 Å². The average molecular weight is 179 g/mol. The van der Waals surface area contributed by atoms with Crippen molar-refractivity contribution in [3.05, 3.63) is 23.8 Å². The predicted molar refractivity (Wildman–Crippen MR) is 51.2 cm³/mol. The third kappa shape index (κ3) is 1.47. The number of nitrogens with one attached hydrogen (secondary N) is 1. The van der Waals surface area contributed by atoms with Crippen LogP contribution in [0.2, 0.25) is 0 Å². The van der Waals surface area contributed by atoms with Crippen molar-refractivity contribution in [3.63, 3.8) is 0 Å². The van der Waals surface area contributed by atoms with E-state index in [1.54, 1.807) is 7.11 Å². The first-order valence-electron chi connectivity index (χ1n) is 4.39. The summed E-state index contributed by atoms with van der Waals surface area (Å²) in [5.41, 5.74) is 2.15. The Bertz CT molecular complexity index is 312. The standard InChI is InChI=1S/C10H13NO2/c1-13-9-4-2-3-7-5-8(12)6-11-10(7)9/h2-4,8,11-12H,5-6H2,1H3. The lowest BCUT2D eigenvalue weighted by Crippen LogP contribution is -2.27. The van der Waals surface area contributed by atoms with E-state index in [1.165, 1.54) is 0 Å². The first-order chi connectivity index (χ1) is 6.31. The van der Waals surface area contributed by atoms with E-state index in [4.69, 9.17) is 4.74 Å². The van der Waals surface area contributed by atoms with E-state index in [-0.39, 0.29) is 6.10 Å². The molecule has 0 saturated carbocycles. The summed E-state index contributed by atoms with van der Waals surface area (Å²) >= 11 is 0. The lowest BCUT2D eigenvalue weighted by Gasteiger charge is -2.23. The van der Waals surface area contributed by atoms with Crippen LogP contribution in [-0.4, -0.2) is 24.9 Å². The molecule has 0 saturated heterocycles. The minimum absolute atomic E-state index is 0.278. The van der Waals surface area contributed by atoms with Crippen molar-refractivity contribution in [1.82, 2.24) is 0 Å². The Kier molecular flexibility index (Phi) is 2.10. The molecule has 0 radical (unpaired) electrons. The second kappa shape index (κ2) is 3.26. The van der Waals surface area contributed by atoms with Crippen LogP contribution < -0.4 is 10.1 Å². The Morgan fingerprint density at radius 2 is 2.38 bits per heavy atom. The van der Waals surface area contributed by atoms with Crippen molar-refractivity contribution in [2.75, 3.05) is 19.0 Å². The summed E-state index contributed by atoms with van der Waals surface area (Å²) in [5, 5.41) is 12.6. The molecule has 0 aromatic heterocycles. The molecule has 1 aromatic rings. The Balaban J connectivity index is 2.39. The van der Waals surface area contributed by atoms with Gasteiger partial charge in [0.05, 0.1) is 18.9 Å². The van der Waals surface area contributed by atoms with Crippen LogP contribution in [0.15, 0.2) is 18.2 Å². The van der Waals surface area contributed by atoms with Crippen molar-refractivity contribution in [2.45, 2.75) is 12.5 Å². The van der Waals surface area contributed by atoms with Crippen molar-refractivity contribution in [3.8, 4) is 5.75 Å². The van der Waals surface area contributed by atoms with Crippen molar-refractivity contribution in [2.24, 2.45) is 0 Å². The number of ether oxygens (including phenoxy) is 1. The van der Waals surface area contributed by atoms with Gasteiger partial charge in [-0.2, -0.15) is 0 Å². The average Bonchev–Trinajstić information content (AvgIpc) is 2.16. The lowest BCUT2D eigenvalue weighted by atomic mass is 10.0. The van der Waals surface area contributed by atoms with Crippen molar-refractivity contribution in [1.29, 1.82) is 0 Å². The molecule has 70 valence electrons. The maximum absolute atomic E-state index is 9.42. The molecule has 0 aliphatic carbocycles. The molecule has 3 heteroatoms. The van der Waals surface area contributed by atoms with Crippen molar-refractivity contribution >= 4 is 5.69 Å². The molecule has 2 N–H and O–H groups in total. The van der Waals surface area contributed by atoms with Gasteiger partial charge in [-0.05, 0) is 11.6 Å². The van der Waals surface area contributed by atoms with Crippen LogP contribution >= 0.6 is 0 Å². The highest BCUT2D eigenvalue weighted by molar-refractivity contribution is 5.63. The normalized spacial score (nSPS) is 20.3. The summed E-state index contributed by atoms with van der Waals surface area (Å²) in [6, 6.07) is 5.87. The number of fused-ring (bicyclic) bond motifs is 1. The molecule has 1 aliphatic heterocycles. The zero-order valence-corrected chi connectivity index (χ0v) is 7.58. The second-order valence-electron chi connectivity index (χ2n) is 3.23. The minimum atomic E-state index is -0.278. The van der Waals surface area contributed by atoms with E-state index in [9.17, 15) is 5.11 Å². The molecule has 0 amide bonds. The molecule has 1 aromatic carbocycles. The number of methoxy groups -OCH3 is 1. The molecule has 1 unspecified atom stereocenters. The summed E-state index contributed by atoms with van der Waals surface area (Å²) in [7, 11) is 1.66. The number of aliphatic hydroxyl groups is 1. The fourth-order valence-corrected chi connectivity index (χ4v) is 1.66. The molecular weight excluding hydrogens is 166 g/mol. The monoisotopic (exact) mass is 179 g/mol. The van der Waals surface area contributed by atoms with Gasteiger partial charge in [-0.1, -0.05) is 12.1 Å². The molecule has 1 aliphatic rings. The summed E-state index contributed by atoms with van der Waals surface area (Å²) in [4.78, 5) is 0. The van der Waals surface area contributed by atoms with Gasteiger partial charge in [0, 0.05) is 13.0 Å². The van der Waals surface area contributed by atoms with Crippen LogP contribution in [0.1, 0.15) is 5.56 Å². The van der Waals surface area contributed by atoms with Crippen LogP contribution in [0.25, 0.3) is 0 Å². The van der Waals surface area contributed by atoms with Gasteiger partial charge in [0.25, 0.3) is 0 Å². The van der Waals surface area contributed by atoms with Gasteiger partial charge in [-0.25, -0.2) is 0 Å². The second-order valence-corrected chi connectivity index (χ2v) is 3.23. The van der Waals surface area contributed by atoms with Gasteiger partial charge in [-0.3, -0.25) is 0 Å². The summed E-state index contributed by atoms with van der Waals surface area (Å²) in [6.45, 7) is 0.605. The largest absolute Gasteiger partial charge is 0.495 e. The SMILES string of the molecule is COc1cccc2c1NCC(O)C2. The number of anilines is 1. The van der Waals surface area contributed by atoms with Crippen LogP contribution in [0.5, 0.6) is 5.75 Å². The van der Waals surface area contributed by atoms with Crippen LogP contribution in [0.4, 0.5) is 5.69 Å². The van der Waals surface area contributed by atoms with Crippen LogP contribution in [0.3, 0.4) is 0 Å². The Labute approximate surface area is 77.3 Å². The zero-order chi connectivity index (χ0) is 9.26. The van der Waals surface area contributed by atoms with Gasteiger partial charge in [-0.15, -0.1) is 0 Å². The number of hydrogen-bond donors (Lipinski definition) is 2. The van der Waals surface area contributed by atoms with E-state index < -0.39 is 0 Å². The van der Waals surface area contributed by atoms with E-state index in [1.807, 2.05) is 18.2 Å². The maximum atomic E-state index is 9.42. The number of para-hydroxylation sites is 1. The van der Waals surface area contributed by atoms with Gasteiger partial charge < -0.3 is 15.2 Å². The maximum Gasteiger partial charge on any atom is 0.142 e. The van der Waals surface area contributed by atoms with Gasteiger partial charge in [0.2, 0.25) is 0 Å². The first kappa shape index (κ1) is 8.38. The highest BCUT2D eigenvalue weighted by atomic mass is 16.5. The Hall–Kier alpha value is -1.22. The number of rotatable bonds is 1. The molecule has 3 nitrogen and oxygen atoms in total. The van der Waals surface area contributed by atoms with E-state index >= 15 is 0 Å². The number of aliphatic hydroxyl groups excluding tert-OH is 1. The Morgan fingerprint density at radius 3 is 3.15 bits per heavy atom. The summed E-state index contributed by atoms with van der Waals surface area (Å²) < 4.78 is 5.20. The Morgan fingerprint density at radius 1 is 1.54 bits per heavy atom. The lowest BCUT2D eigenvalue weighted by molar-refractivity contribution is 0.184. The van der Waals surface area contributed by atoms with E-state index in [0.717, 1.165) is 17.0 Å². The fourth-order valence-electron chi connectivity index (χ4n) is 1.66. The van der Waals surface area contributed by atoms with E-state index in [0.29, 0.717) is 13.0 Å². The van der Waals surface area contributed by atoms with Gasteiger partial charge in [0.1, 0.15) is 5.75 Å². The van der Waals surface area contributed by atoms with Gasteiger partial charge >= 0.3 is 0 Å². The quantitative estimate of drug-likeness (QED) is 0.676. The summed E-state index contributed by atoms with van der Waals surface area (Å²) in [6.07, 6.45) is 0.430. The highest BCUT2D eigenvalue weighted by Gasteiger charge is 2.18. The molecular formula is C10H13NO2. The molecule has 0 fully saturated rings. The molecule has 1 heterocycles. The predicted octanol–water partition coefficient (Wildman–Crippen LogP) is 1.02. The van der Waals surface area contributed by atoms with Gasteiger partial charge in [0.15, 0.2) is 0 Å². The first-order valence-corrected chi connectivity index (χ1v) is 4.39. The number of β-amino-alcohol motifs (C(OH)–C–C–N with tert-alkyl or cyclic N) is 1. The third-order valence-electron chi connectivity index (χ3n) is 2.30. The van der Waals surface area contributed by atoms with E-state index in [2.05, 4.69) is 5.32 Å². The molecule has 0 bridgehead atoms. The molecule has 1 atom stereocenters. The van der Waals surface area contributed by atoms with Crippen LogP contribution in [-0.2, 0) is 6.42 Å². The number of hydrogen-bond acceptors (Lipinski definition) is 3. The summed E-state index contributed by atoms with van der Waals surface area (Å²) in [5.74, 6) is 0.851. The molecule has 2 rings (SSSR count). The zero-order valence-electron chi connectivity index (χ0n) is 7.58. The highest BCUT2D eigenvalue weighted by Crippen LogP contribution is 2.31. The van der Waals surface area contributed by atoms with Crippen molar-refractivity contribution < 1.29 is 9.84 Å². The fraction of sp³-hybridized carbons (Fsp3) is 0.400. The minimum Gasteiger partial charge on any atom is -0.495 e. The molecule has 13 heavy (non-hydrogen) atoms. The molecule has 0 spiro atoms. The number of benzene rings is 1.